The highest BCUT2D eigenvalue weighted by Crippen LogP contribution is 2.20. The average molecular weight is 259 g/mol. The second-order valence-electron chi connectivity index (χ2n) is 4.72. The minimum Gasteiger partial charge on any atom is -0.339 e. The van der Waals surface area contributed by atoms with Crippen LogP contribution in [-0.2, 0) is 6.42 Å². The second-order valence-corrected chi connectivity index (χ2v) is 4.72. The van der Waals surface area contributed by atoms with Gasteiger partial charge in [-0.25, -0.2) is 0 Å². The highest BCUT2D eigenvalue weighted by Gasteiger charge is 2.14. The molecule has 1 aromatic carbocycles. The predicted molar refractivity (Wildman–Crippen MR) is 76.1 cm³/mol. The van der Waals surface area contributed by atoms with Crippen LogP contribution in [-0.4, -0.2) is 23.2 Å². The molecule has 1 aromatic heterocycles. The lowest BCUT2D eigenvalue weighted by molar-refractivity contribution is 0.355. The molecule has 0 aliphatic rings. The summed E-state index contributed by atoms with van der Waals surface area (Å²) in [6, 6.07) is 8.30. The number of hydrogen-bond donors (Lipinski definition) is 1. The lowest BCUT2D eigenvalue weighted by Gasteiger charge is -2.05. The number of nitrogens with zero attached hydrogens (tertiary/aromatic N) is 2. The van der Waals surface area contributed by atoms with E-state index in [4.69, 9.17) is 4.52 Å². The Morgan fingerprint density at radius 2 is 1.95 bits per heavy atom. The molecule has 0 aliphatic carbocycles. The lowest BCUT2D eigenvalue weighted by atomic mass is 10.1. The molecule has 4 heteroatoms. The minimum absolute atomic E-state index is 0.233. The number of rotatable bonds is 6. The normalized spacial score (nSPS) is 12.6. The molecule has 1 N–H and O–H groups in total. The number of aryl methyl sites for hydroxylation is 1. The molecule has 0 spiro atoms. The van der Waals surface area contributed by atoms with Crippen molar-refractivity contribution in [3.05, 3.63) is 35.7 Å². The maximum atomic E-state index is 5.33. The summed E-state index contributed by atoms with van der Waals surface area (Å²) >= 11 is 0. The summed E-state index contributed by atoms with van der Waals surface area (Å²) in [6.45, 7) is 8.11. The van der Waals surface area contributed by atoms with Crippen LogP contribution in [0.15, 0.2) is 28.8 Å². The van der Waals surface area contributed by atoms with E-state index < -0.39 is 0 Å². The number of hydrogen-bond acceptors (Lipinski definition) is 4. The van der Waals surface area contributed by atoms with Gasteiger partial charge >= 0.3 is 0 Å². The molecule has 1 atom stereocenters. The van der Waals surface area contributed by atoms with Crippen molar-refractivity contribution in [2.75, 3.05) is 13.1 Å². The van der Waals surface area contributed by atoms with E-state index in [2.05, 4.69) is 48.4 Å². The molecule has 0 saturated carbocycles. The molecule has 0 fully saturated rings. The molecule has 0 aliphatic heterocycles. The molecule has 0 bridgehead atoms. The van der Waals surface area contributed by atoms with E-state index in [1.165, 1.54) is 5.56 Å². The predicted octanol–water partition coefficient (Wildman–Crippen LogP) is 3.01. The van der Waals surface area contributed by atoms with E-state index in [0.717, 1.165) is 25.1 Å². The van der Waals surface area contributed by atoms with Gasteiger partial charge in [0.1, 0.15) is 0 Å². The SMILES string of the molecule is CCNCC(C)c1nc(-c2ccc(CC)cc2)no1. The van der Waals surface area contributed by atoms with E-state index >= 15 is 0 Å². The fraction of sp³-hybridized carbons (Fsp3) is 0.467. The molecule has 4 nitrogen and oxygen atoms in total. The van der Waals surface area contributed by atoms with Gasteiger partial charge in [0.2, 0.25) is 11.7 Å². The fourth-order valence-corrected chi connectivity index (χ4v) is 1.89. The standard InChI is InChI=1S/C15H21N3O/c1-4-12-6-8-13(9-7-12)14-17-15(19-18-14)11(3)10-16-5-2/h6-9,11,16H,4-5,10H2,1-3H3. The summed E-state index contributed by atoms with van der Waals surface area (Å²) in [5.41, 5.74) is 2.32. The summed E-state index contributed by atoms with van der Waals surface area (Å²) in [6.07, 6.45) is 1.04. The van der Waals surface area contributed by atoms with E-state index in [-0.39, 0.29) is 5.92 Å². The molecule has 19 heavy (non-hydrogen) atoms. The fourth-order valence-electron chi connectivity index (χ4n) is 1.89. The third kappa shape index (κ3) is 3.41. The molecule has 2 aromatic rings. The Labute approximate surface area is 114 Å². The molecule has 0 saturated heterocycles. The van der Waals surface area contributed by atoms with Crippen molar-refractivity contribution >= 4 is 0 Å². The van der Waals surface area contributed by atoms with E-state index in [0.29, 0.717) is 11.7 Å². The molecule has 1 heterocycles. The Morgan fingerprint density at radius 3 is 2.58 bits per heavy atom. The van der Waals surface area contributed by atoms with Crippen molar-refractivity contribution < 1.29 is 4.52 Å². The minimum atomic E-state index is 0.233. The molecule has 0 radical (unpaired) electrons. The van der Waals surface area contributed by atoms with Crippen LogP contribution in [0.25, 0.3) is 11.4 Å². The van der Waals surface area contributed by atoms with Gasteiger partial charge in [-0.1, -0.05) is 50.2 Å². The largest absolute Gasteiger partial charge is 0.339 e. The average Bonchev–Trinajstić information content (AvgIpc) is 2.94. The van der Waals surface area contributed by atoms with Gasteiger partial charge in [0, 0.05) is 18.0 Å². The first-order chi connectivity index (χ1) is 9.24. The Kier molecular flexibility index (Phi) is 4.68. The van der Waals surface area contributed by atoms with Crippen molar-refractivity contribution in [1.82, 2.24) is 15.5 Å². The van der Waals surface area contributed by atoms with Gasteiger partial charge in [-0.3, -0.25) is 0 Å². The molecule has 1 unspecified atom stereocenters. The number of benzene rings is 1. The molecular weight excluding hydrogens is 238 g/mol. The van der Waals surface area contributed by atoms with E-state index in [1.54, 1.807) is 0 Å². The zero-order chi connectivity index (χ0) is 13.7. The highest BCUT2D eigenvalue weighted by atomic mass is 16.5. The van der Waals surface area contributed by atoms with Gasteiger partial charge in [0.25, 0.3) is 0 Å². The summed E-state index contributed by atoms with van der Waals surface area (Å²) in [7, 11) is 0. The van der Waals surface area contributed by atoms with Gasteiger partial charge < -0.3 is 9.84 Å². The van der Waals surface area contributed by atoms with Crippen LogP contribution in [0.5, 0.6) is 0 Å². The van der Waals surface area contributed by atoms with Gasteiger partial charge in [0.05, 0.1) is 0 Å². The van der Waals surface area contributed by atoms with Crippen molar-refractivity contribution in [2.24, 2.45) is 0 Å². The quantitative estimate of drug-likeness (QED) is 0.866. The molecule has 2 rings (SSSR count). The van der Waals surface area contributed by atoms with Crippen LogP contribution in [0.1, 0.15) is 38.1 Å². The first-order valence-electron chi connectivity index (χ1n) is 6.88. The monoisotopic (exact) mass is 259 g/mol. The smallest absolute Gasteiger partial charge is 0.231 e. The highest BCUT2D eigenvalue weighted by molar-refractivity contribution is 5.54. The lowest BCUT2D eigenvalue weighted by Crippen LogP contribution is -2.19. The summed E-state index contributed by atoms with van der Waals surface area (Å²) < 4.78 is 5.33. The zero-order valence-electron chi connectivity index (χ0n) is 11.8. The Morgan fingerprint density at radius 1 is 1.21 bits per heavy atom. The molecule has 0 amide bonds. The number of aromatic nitrogens is 2. The van der Waals surface area contributed by atoms with Gasteiger partial charge in [-0.15, -0.1) is 0 Å². The van der Waals surface area contributed by atoms with Crippen molar-refractivity contribution in [3.63, 3.8) is 0 Å². The maximum absolute atomic E-state index is 5.33. The van der Waals surface area contributed by atoms with Crippen LogP contribution in [0.2, 0.25) is 0 Å². The van der Waals surface area contributed by atoms with Gasteiger partial charge in [0.15, 0.2) is 0 Å². The topological polar surface area (TPSA) is 51.0 Å². The van der Waals surface area contributed by atoms with E-state index in [1.807, 2.05) is 12.1 Å². The third-order valence-electron chi connectivity index (χ3n) is 3.18. The Hall–Kier alpha value is -1.68. The maximum Gasteiger partial charge on any atom is 0.231 e. The first kappa shape index (κ1) is 13.7. The molecule has 102 valence electrons. The Bertz CT molecular complexity index is 504. The van der Waals surface area contributed by atoms with E-state index in [9.17, 15) is 0 Å². The van der Waals surface area contributed by atoms with Crippen LogP contribution in [0, 0.1) is 0 Å². The van der Waals surface area contributed by atoms with Gasteiger partial charge in [-0.05, 0) is 18.5 Å². The van der Waals surface area contributed by atoms with Crippen LogP contribution < -0.4 is 5.32 Å². The van der Waals surface area contributed by atoms with Crippen LogP contribution in [0.3, 0.4) is 0 Å². The third-order valence-corrected chi connectivity index (χ3v) is 3.18. The molecular formula is C15H21N3O. The van der Waals surface area contributed by atoms with Crippen molar-refractivity contribution in [2.45, 2.75) is 33.1 Å². The summed E-state index contributed by atoms with van der Waals surface area (Å²) in [4.78, 5) is 4.47. The van der Waals surface area contributed by atoms with Crippen molar-refractivity contribution in [1.29, 1.82) is 0 Å². The van der Waals surface area contributed by atoms with Crippen LogP contribution in [0.4, 0.5) is 0 Å². The van der Waals surface area contributed by atoms with Gasteiger partial charge in [-0.2, -0.15) is 4.98 Å². The second kappa shape index (κ2) is 6.48. The number of likely N-dealkylation sites (N-methyl/N-ethyl adjacent to an activating group) is 1. The summed E-state index contributed by atoms with van der Waals surface area (Å²) in [5.74, 6) is 1.59. The van der Waals surface area contributed by atoms with Crippen LogP contribution >= 0.6 is 0 Å². The number of nitrogens with one attached hydrogen (secondary N) is 1. The Balaban J connectivity index is 2.11. The first-order valence-corrected chi connectivity index (χ1v) is 6.88. The summed E-state index contributed by atoms with van der Waals surface area (Å²) in [5, 5.41) is 7.34. The van der Waals surface area contributed by atoms with Crippen molar-refractivity contribution in [3.8, 4) is 11.4 Å². The zero-order valence-corrected chi connectivity index (χ0v) is 11.8.